The molecule has 0 aromatic heterocycles. The van der Waals surface area contributed by atoms with E-state index in [1.54, 1.807) is 11.0 Å². The second kappa shape index (κ2) is 11.5. The molecule has 2 unspecified atom stereocenters. The number of hydrogen-bond donors (Lipinski definition) is 1. The van der Waals surface area contributed by atoms with Gasteiger partial charge in [-0.1, -0.05) is 83.9 Å². The SMILES string of the molecule is O=C(NCc1ccccc1N1CCCCC1)N1CCC1OC(c1ccccc1)c1cccc(Cl)c1Cl. The summed E-state index contributed by atoms with van der Waals surface area (Å²) in [5, 5.41) is 4.07. The van der Waals surface area contributed by atoms with Crippen LogP contribution in [0.3, 0.4) is 0 Å². The van der Waals surface area contributed by atoms with Gasteiger partial charge in [0.25, 0.3) is 0 Å². The molecule has 36 heavy (non-hydrogen) atoms. The lowest BCUT2D eigenvalue weighted by Gasteiger charge is -2.42. The van der Waals surface area contributed by atoms with Gasteiger partial charge in [-0.25, -0.2) is 4.79 Å². The average molecular weight is 524 g/mol. The van der Waals surface area contributed by atoms with E-state index in [1.807, 2.05) is 48.5 Å². The monoisotopic (exact) mass is 523 g/mol. The Kier molecular flexibility index (Phi) is 8.00. The van der Waals surface area contributed by atoms with Crippen molar-refractivity contribution in [1.82, 2.24) is 10.2 Å². The van der Waals surface area contributed by atoms with Gasteiger partial charge in [0.15, 0.2) is 0 Å². The molecule has 2 atom stereocenters. The highest BCUT2D eigenvalue weighted by Crippen LogP contribution is 2.38. The Hall–Kier alpha value is -2.73. The number of rotatable bonds is 7. The van der Waals surface area contributed by atoms with Gasteiger partial charge < -0.3 is 15.0 Å². The predicted molar refractivity (Wildman–Crippen MR) is 146 cm³/mol. The average Bonchev–Trinajstić information content (AvgIpc) is 2.90. The fourth-order valence-corrected chi connectivity index (χ4v) is 5.36. The quantitative estimate of drug-likeness (QED) is 0.361. The minimum Gasteiger partial charge on any atom is -0.371 e. The van der Waals surface area contributed by atoms with E-state index >= 15 is 0 Å². The van der Waals surface area contributed by atoms with Crippen molar-refractivity contribution < 1.29 is 9.53 Å². The normalized spacial score (nSPS) is 18.4. The number of halogens is 2. The van der Waals surface area contributed by atoms with Gasteiger partial charge in [-0.3, -0.25) is 4.90 Å². The summed E-state index contributed by atoms with van der Waals surface area (Å²) in [6.07, 6.45) is 3.70. The van der Waals surface area contributed by atoms with Gasteiger partial charge in [0.1, 0.15) is 12.3 Å². The van der Waals surface area contributed by atoms with Crippen LogP contribution < -0.4 is 10.2 Å². The molecule has 2 saturated heterocycles. The molecule has 2 heterocycles. The molecule has 3 aromatic carbocycles. The molecule has 0 spiro atoms. The third kappa shape index (κ3) is 5.49. The molecule has 0 saturated carbocycles. The smallest absolute Gasteiger partial charge is 0.319 e. The van der Waals surface area contributed by atoms with Crippen LogP contribution in [0.4, 0.5) is 10.5 Å². The molecule has 0 bridgehead atoms. The van der Waals surface area contributed by atoms with Gasteiger partial charge in [-0.05, 0) is 42.5 Å². The summed E-state index contributed by atoms with van der Waals surface area (Å²) in [7, 11) is 0. The van der Waals surface area contributed by atoms with E-state index < -0.39 is 6.10 Å². The van der Waals surface area contributed by atoms with Crippen molar-refractivity contribution in [3.8, 4) is 0 Å². The van der Waals surface area contributed by atoms with Crippen molar-refractivity contribution >= 4 is 34.9 Å². The summed E-state index contributed by atoms with van der Waals surface area (Å²) in [6, 6.07) is 23.7. The van der Waals surface area contributed by atoms with Crippen LogP contribution in [0.25, 0.3) is 0 Å². The molecular formula is C29H31Cl2N3O2. The fraction of sp³-hybridized carbons (Fsp3) is 0.345. The summed E-state index contributed by atoms with van der Waals surface area (Å²) in [5.74, 6) is 0. The minimum atomic E-state index is -0.433. The van der Waals surface area contributed by atoms with Crippen LogP contribution in [-0.4, -0.2) is 36.8 Å². The molecule has 5 rings (SSSR count). The van der Waals surface area contributed by atoms with Gasteiger partial charge in [-0.2, -0.15) is 0 Å². The Morgan fingerprint density at radius 1 is 0.917 bits per heavy atom. The molecule has 2 fully saturated rings. The first-order valence-electron chi connectivity index (χ1n) is 12.6. The number of ether oxygens (including phenoxy) is 1. The van der Waals surface area contributed by atoms with E-state index in [9.17, 15) is 4.79 Å². The number of para-hydroxylation sites is 1. The summed E-state index contributed by atoms with van der Waals surface area (Å²) in [6.45, 7) is 3.27. The lowest BCUT2D eigenvalue weighted by Crippen LogP contribution is -2.56. The lowest BCUT2D eigenvalue weighted by molar-refractivity contribution is -0.120. The van der Waals surface area contributed by atoms with Crippen molar-refractivity contribution in [2.75, 3.05) is 24.5 Å². The number of benzene rings is 3. The molecule has 7 heteroatoms. The molecule has 3 aromatic rings. The molecule has 1 N–H and O–H groups in total. The second-order valence-corrected chi connectivity index (χ2v) is 10.1. The maximum absolute atomic E-state index is 13.1. The van der Waals surface area contributed by atoms with Crippen LogP contribution in [0.2, 0.25) is 10.0 Å². The van der Waals surface area contributed by atoms with Crippen LogP contribution in [-0.2, 0) is 11.3 Å². The number of anilines is 1. The van der Waals surface area contributed by atoms with Crippen molar-refractivity contribution in [3.05, 3.63) is 99.5 Å². The molecule has 2 amide bonds. The Labute approximate surface area is 222 Å². The Morgan fingerprint density at radius 2 is 1.67 bits per heavy atom. The minimum absolute atomic E-state index is 0.122. The zero-order valence-corrected chi connectivity index (χ0v) is 21.7. The number of likely N-dealkylation sites (tertiary alicyclic amines) is 1. The lowest BCUT2D eigenvalue weighted by atomic mass is 10.0. The van der Waals surface area contributed by atoms with Gasteiger partial charge in [-0.15, -0.1) is 0 Å². The summed E-state index contributed by atoms with van der Waals surface area (Å²) in [5.41, 5.74) is 4.11. The maximum Gasteiger partial charge on any atom is 0.319 e. The second-order valence-electron chi connectivity index (χ2n) is 9.34. The highest BCUT2D eigenvalue weighted by Gasteiger charge is 2.36. The topological polar surface area (TPSA) is 44.8 Å². The molecule has 2 aliphatic heterocycles. The summed E-state index contributed by atoms with van der Waals surface area (Å²) in [4.78, 5) is 17.3. The van der Waals surface area contributed by atoms with Crippen molar-refractivity contribution in [1.29, 1.82) is 0 Å². The third-order valence-corrected chi connectivity index (χ3v) is 7.84. The standard InChI is InChI=1S/C29H31Cl2N3O2/c30-24-14-9-13-23(27(24)31)28(21-10-3-1-4-11-21)36-26-16-19-34(26)29(35)32-20-22-12-5-6-15-25(22)33-17-7-2-8-18-33/h1,3-6,9-15,26,28H,2,7-8,16-20H2,(H,32,35). The van der Waals surface area contributed by atoms with E-state index in [4.69, 9.17) is 27.9 Å². The number of nitrogens with one attached hydrogen (secondary N) is 1. The van der Waals surface area contributed by atoms with Gasteiger partial charge in [0, 0.05) is 43.9 Å². The van der Waals surface area contributed by atoms with Crippen LogP contribution in [0.5, 0.6) is 0 Å². The van der Waals surface area contributed by atoms with Crippen LogP contribution in [0.15, 0.2) is 72.8 Å². The zero-order chi connectivity index (χ0) is 24.9. The molecular weight excluding hydrogens is 493 g/mol. The van der Waals surface area contributed by atoms with Gasteiger partial charge in [0.2, 0.25) is 0 Å². The number of nitrogens with zero attached hydrogens (tertiary/aromatic N) is 2. The largest absolute Gasteiger partial charge is 0.371 e. The number of piperidine rings is 1. The number of urea groups is 1. The van der Waals surface area contributed by atoms with Crippen molar-refractivity contribution in [2.45, 2.75) is 44.6 Å². The van der Waals surface area contributed by atoms with Crippen LogP contribution >= 0.6 is 23.2 Å². The number of hydrogen-bond acceptors (Lipinski definition) is 3. The number of carbonyl (C=O) groups excluding carboxylic acids is 1. The van der Waals surface area contributed by atoms with Gasteiger partial charge in [0.05, 0.1) is 10.0 Å². The Bertz CT molecular complexity index is 1180. The highest BCUT2D eigenvalue weighted by atomic mass is 35.5. The van der Waals surface area contributed by atoms with E-state index in [0.717, 1.165) is 36.2 Å². The predicted octanol–water partition coefficient (Wildman–Crippen LogP) is 7.03. The van der Waals surface area contributed by atoms with Crippen LogP contribution in [0, 0.1) is 0 Å². The molecule has 0 radical (unpaired) electrons. The van der Waals surface area contributed by atoms with Crippen molar-refractivity contribution in [2.24, 2.45) is 0 Å². The van der Waals surface area contributed by atoms with E-state index in [0.29, 0.717) is 23.1 Å². The highest BCUT2D eigenvalue weighted by molar-refractivity contribution is 6.42. The Morgan fingerprint density at radius 3 is 2.42 bits per heavy atom. The first-order chi connectivity index (χ1) is 17.6. The van der Waals surface area contributed by atoms with E-state index in [1.165, 1.54) is 24.9 Å². The number of amides is 2. The zero-order valence-electron chi connectivity index (χ0n) is 20.2. The van der Waals surface area contributed by atoms with Crippen molar-refractivity contribution in [3.63, 3.8) is 0 Å². The van der Waals surface area contributed by atoms with E-state index in [-0.39, 0.29) is 12.3 Å². The first-order valence-corrected chi connectivity index (χ1v) is 13.4. The fourth-order valence-electron chi connectivity index (χ4n) is 4.95. The number of carbonyl (C=O) groups is 1. The summed E-state index contributed by atoms with van der Waals surface area (Å²) < 4.78 is 6.51. The summed E-state index contributed by atoms with van der Waals surface area (Å²) >= 11 is 12.9. The molecule has 5 nitrogen and oxygen atoms in total. The molecule has 188 valence electrons. The van der Waals surface area contributed by atoms with Gasteiger partial charge >= 0.3 is 6.03 Å². The first kappa shape index (κ1) is 24.9. The molecule has 0 aliphatic carbocycles. The molecule has 2 aliphatic rings. The van der Waals surface area contributed by atoms with E-state index in [2.05, 4.69) is 28.4 Å². The third-order valence-electron chi connectivity index (χ3n) is 7.00. The Balaban J connectivity index is 1.27. The maximum atomic E-state index is 13.1. The van der Waals surface area contributed by atoms with Crippen LogP contribution in [0.1, 0.15) is 48.5 Å².